The number of nitriles is 1. The lowest BCUT2D eigenvalue weighted by atomic mass is 10.1. The molecule has 0 spiro atoms. The third kappa shape index (κ3) is 2.76. The highest BCUT2D eigenvalue weighted by atomic mass is 16.3. The van der Waals surface area contributed by atoms with Gasteiger partial charge in [0, 0.05) is 6.54 Å². The highest BCUT2D eigenvalue weighted by Crippen LogP contribution is 2.22. The molecular weight excluding hydrogens is 212 g/mol. The molecule has 0 amide bonds. The summed E-state index contributed by atoms with van der Waals surface area (Å²) in [6.45, 7) is 0.614. The molecule has 3 heteroatoms. The fourth-order valence-electron chi connectivity index (χ4n) is 1.52. The summed E-state index contributed by atoms with van der Waals surface area (Å²) in [6.07, 6.45) is 0. The molecule has 0 aliphatic carbocycles. The molecule has 2 aromatic rings. The van der Waals surface area contributed by atoms with Crippen molar-refractivity contribution in [1.82, 2.24) is 0 Å². The van der Waals surface area contributed by atoms with Gasteiger partial charge in [-0.05, 0) is 29.8 Å². The number of para-hydroxylation sites is 2. The van der Waals surface area contributed by atoms with Crippen molar-refractivity contribution >= 4 is 5.69 Å². The zero-order chi connectivity index (χ0) is 12.1. The van der Waals surface area contributed by atoms with Crippen LogP contribution in [0.25, 0.3) is 0 Å². The van der Waals surface area contributed by atoms with Gasteiger partial charge in [-0.25, -0.2) is 0 Å². The Bertz CT molecular complexity index is 541. The van der Waals surface area contributed by atoms with E-state index in [-0.39, 0.29) is 5.75 Å². The molecule has 3 nitrogen and oxygen atoms in total. The second-order valence-electron chi connectivity index (χ2n) is 3.68. The molecule has 0 aliphatic rings. The lowest BCUT2D eigenvalue weighted by Gasteiger charge is -2.08. The van der Waals surface area contributed by atoms with E-state index in [4.69, 9.17) is 5.26 Å². The van der Waals surface area contributed by atoms with Crippen LogP contribution in [0.5, 0.6) is 5.75 Å². The summed E-state index contributed by atoms with van der Waals surface area (Å²) in [5, 5.41) is 21.4. The fraction of sp³-hybridized carbons (Fsp3) is 0.0714. The zero-order valence-corrected chi connectivity index (χ0v) is 9.22. The number of anilines is 1. The van der Waals surface area contributed by atoms with Crippen LogP contribution >= 0.6 is 0 Å². The Morgan fingerprint density at radius 3 is 2.41 bits per heavy atom. The molecule has 2 rings (SSSR count). The molecule has 0 aromatic heterocycles. The maximum atomic E-state index is 9.57. The zero-order valence-electron chi connectivity index (χ0n) is 9.22. The van der Waals surface area contributed by atoms with Crippen molar-refractivity contribution in [2.75, 3.05) is 5.32 Å². The molecule has 0 unspecified atom stereocenters. The monoisotopic (exact) mass is 224 g/mol. The van der Waals surface area contributed by atoms with Gasteiger partial charge in [-0.2, -0.15) is 5.26 Å². The van der Waals surface area contributed by atoms with Crippen molar-refractivity contribution < 1.29 is 5.11 Å². The number of nitrogens with zero attached hydrogens (tertiary/aromatic N) is 1. The molecule has 2 aromatic carbocycles. The number of rotatable bonds is 3. The second-order valence-corrected chi connectivity index (χ2v) is 3.68. The Hall–Kier alpha value is -2.47. The van der Waals surface area contributed by atoms with E-state index in [1.807, 2.05) is 24.3 Å². The number of aromatic hydroxyl groups is 1. The van der Waals surface area contributed by atoms with Crippen molar-refractivity contribution in [3.63, 3.8) is 0 Å². The Kier molecular flexibility index (Phi) is 3.27. The van der Waals surface area contributed by atoms with Crippen LogP contribution in [0.15, 0.2) is 48.5 Å². The van der Waals surface area contributed by atoms with Crippen LogP contribution in [0.2, 0.25) is 0 Å². The number of nitrogens with one attached hydrogen (secondary N) is 1. The van der Waals surface area contributed by atoms with Crippen molar-refractivity contribution in [1.29, 1.82) is 5.26 Å². The molecule has 17 heavy (non-hydrogen) atoms. The quantitative estimate of drug-likeness (QED) is 0.788. The predicted octanol–water partition coefficient (Wildman–Crippen LogP) is 2.88. The van der Waals surface area contributed by atoms with Gasteiger partial charge >= 0.3 is 0 Å². The molecular formula is C14H12N2O. The number of hydrogen-bond acceptors (Lipinski definition) is 3. The molecule has 84 valence electrons. The average Bonchev–Trinajstić information content (AvgIpc) is 2.38. The smallest absolute Gasteiger partial charge is 0.138 e. The number of phenols is 1. The standard InChI is InChI=1S/C14H12N2O/c15-9-11-5-7-12(8-6-11)10-16-13-3-1-2-4-14(13)17/h1-8,16-17H,10H2. The third-order valence-corrected chi connectivity index (χ3v) is 2.47. The van der Waals surface area contributed by atoms with E-state index < -0.39 is 0 Å². The first-order valence-electron chi connectivity index (χ1n) is 5.30. The molecule has 0 radical (unpaired) electrons. The van der Waals surface area contributed by atoms with Crippen LogP contribution in [-0.2, 0) is 6.54 Å². The first-order valence-corrected chi connectivity index (χ1v) is 5.30. The molecule has 0 fully saturated rings. The SMILES string of the molecule is N#Cc1ccc(CNc2ccccc2O)cc1. The fourth-order valence-corrected chi connectivity index (χ4v) is 1.52. The van der Waals surface area contributed by atoms with Gasteiger partial charge in [-0.1, -0.05) is 24.3 Å². The minimum Gasteiger partial charge on any atom is -0.506 e. The van der Waals surface area contributed by atoms with Crippen molar-refractivity contribution in [3.05, 3.63) is 59.7 Å². The number of benzene rings is 2. The third-order valence-electron chi connectivity index (χ3n) is 2.47. The van der Waals surface area contributed by atoms with E-state index >= 15 is 0 Å². The van der Waals surface area contributed by atoms with Gasteiger partial charge in [-0.3, -0.25) is 0 Å². The van der Waals surface area contributed by atoms with Gasteiger partial charge in [0.05, 0.1) is 17.3 Å². The van der Waals surface area contributed by atoms with Crippen LogP contribution in [-0.4, -0.2) is 5.11 Å². The largest absolute Gasteiger partial charge is 0.506 e. The first kappa shape index (κ1) is 11.0. The van der Waals surface area contributed by atoms with Gasteiger partial charge < -0.3 is 10.4 Å². The van der Waals surface area contributed by atoms with E-state index in [0.717, 1.165) is 5.56 Å². The summed E-state index contributed by atoms with van der Waals surface area (Å²) in [7, 11) is 0. The van der Waals surface area contributed by atoms with Crippen LogP contribution in [0.1, 0.15) is 11.1 Å². The van der Waals surface area contributed by atoms with Crippen molar-refractivity contribution in [2.24, 2.45) is 0 Å². The minimum absolute atomic E-state index is 0.237. The Morgan fingerprint density at radius 2 is 1.76 bits per heavy atom. The van der Waals surface area contributed by atoms with Gasteiger partial charge in [0.1, 0.15) is 5.75 Å². The second kappa shape index (κ2) is 5.04. The maximum Gasteiger partial charge on any atom is 0.138 e. The summed E-state index contributed by atoms with van der Waals surface area (Å²) in [4.78, 5) is 0. The Labute approximate surface area is 100.0 Å². The van der Waals surface area contributed by atoms with Crippen LogP contribution in [0, 0.1) is 11.3 Å². The topological polar surface area (TPSA) is 56.0 Å². The molecule has 0 bridgehead atoms. The van der Waals surface area contributed by atoms with E-state index in [9.17, 15) is 5.11 Å². The lowest BCUT2D eigenvalue weighted by molar-refractivity contribution is 0.477. The highest BCUT2D eigenvalue weighted by Gasteiger charge is 1.99. The summed E-state index contributed by atoms with van der Waals surface area (Å²) < 4.78 is 0. The van der Waals surface area contributed by atoms with Crippen LogP contribution in [0.4, 0.5) is 5.69 Å². The average molecular weight is 224 g/mol. The lowest BCUT2D eigenvalue weighted by Crippen LogP contribution is -1.99. The predicted molar refractivity (Wildman–Crippen MR) is 66.6 cm³/mol. The summed E-state index contributed by atoms with van der Waals surface area (Å²) >= 11 is 0. The minimum atomic E-state index is 0.237. The Morgan fingerprint density at radius 1 is 1.06 bits per heavy atom. The molecule has 0 heterocycles. The van der Waals surface area contributed by atoms with Gasteiger partial charge in [0.2, 0.25) is 0 Å². The first-order chi connectivity index (χ1) is 8.29. The van der Waals surface area contributed by atoms with Gasteiger partial charge in [-0.15, -0.1) is 0 Å². The molecule has 0 saturated heterocycles. The summed E-state index contributed by atoms with van der Waals surface area (Å²) in [5.74, 6) is 0.237. The Balaban J connectivity index is 2.03. The van der Waals surface area contributed by atoms with E-state index in [0.29, 0.717) is 17.8 Å². The molecule has 0 atom stereocenters. The van der Waals surface area contributed by atoms with E-state index in [1.165, 1.54) is 0 Å². The molecule has 2 N–H and O–H groups in total. The molecule has 0 aliphatic heterocycles. The van der Waals surface area contributed by atoms with Crippen LogP contribution in [0.3, 0.4) is 0 Å². The van der Waals surface area contributed by atoms with Gasteiger partial charge in [0.25, 0.3) is 0 Å². The molecule has 0 saturated carbocycles. The normalized spacial score (nSPS) is 9.59. The van der Waals surface area contributed by atoms with Crippen molar-refractivity contribution in [3.8, 4) is 11.8 Å². The number of hydrogen-bond donors (Lipinski definition) is 2. The number of phenolic OH excluding ortho intramolecular Hbond substituents is 1. The summed E-state index contributed by atoms with van der Waals surface area (Å²) in [5.41, 5.74) is 2.42. The summed E-state index contributed by atoms with van der Waals surface area (Å²) in [6, 6.07) is 16.5. The van der Waals surface area contributed by atoms with Crippen LogP contribution < -0.4 is 5.32 Å². The van der Waals surface area contributed by atoms with E-state index in [2.05, 4.69) is 11.4 Å². The van der Waals surface area contributed by atoms with Gasteiger partial charge in [0.15, 0.2) is 0 Å². The van der Waals surface area contributed by atoms with Crippen molar-refractivity contribution in [2.45, 2.75) is 6.54 Å². The highest BCUT2D eigenvalue weighted by molar-refractivity contribution is 5.55. The van der Waals surface area contributed by atoms with E-state index in [1.54, 1.807) is 24.3 Å². The maximum absolute atomic E-state index is 9.57.